The van der Waals surface area contributed by atoms with Crippen molar-refractivity contribution in [2.45, 2.75) is 26.2 Å². The largest absolute Gasteiger partial charge is 0.436 e. The Morgan fingerprint density at radius 3 is 2.09 bits per heavy atom. The van der Waals surface area contributed by atoms with E-state index in [1.807, 2.05) is 5.10 Å². The lowest BCUT2D eigenvalue weighted by Crippen LogP contribution is -2.25. The van der Waals surface area contributed by atoms with E-state index >= 15 is 0 Å². The van der Waals surface area contributed by atoms with E-state index in [-0.39, 0.29) is 10.2 Å². The van der Waals surface area contributed by atoms with Crippen molar-refractivity contribution in [1.29, 1.82) is 0 Å². The van der Waals surface area contributed by atoms with Crippen molar-refractivity contribution in [1.82, 2.24) is 14.8 Å². The summed E-state index contributed by atoms with van der Waals surface area (Å²) in [6, 6.07) is 2.16. The zero-order chi connectivity index (χ0) is 25.0. The summed E-state index contributed by atoms with van der Waals surface area (Å²) in [5.74, 6) is -8.40. The number of alkyl halides is 6. The molecule has 0 atom stereocenters. The van der Waals surface area contributed by atoms with E-state index in [4.69, 9.17) is 0 Å². The van der Waals surface area contributed by atoms with Gasteiger partial charge >= 0.3 is 12.4 Å². The quantitative estimate of drug-likeness (QED) is 0.329. The zero-order valence-corrected chi connectivity index (χ0v) is 16.3. The highest BCUT2D eigenvalue weighted by Gasteiger charge is 2.41. The van der Waals surface area contributed by atoms with E-state index < -0.39 is 75.0 Å². The first kappa shape index (κ1) is 24.1. The molecule has 0 aliphatic rings. The Kier molecular flexibility index (Phi) is 5.67. The van der Waals surface area contributed by atoms with Crippen molar-refractivity contribution in [2.75, 3.05) is 0 Å². The van der Waals surface area contributed by atoms with Crippen LogP contribution in [-0.2, 0) is 12.4 Å². The summed E-state index contributed by atoms with van der Waals surface area (Å²) in [5.41, 5.74) is -9.13. The van der Waals surface area contributed by atoms with Gasteiger partial charge in [-0.15, -0.1) is 0 Å². The highest BCUT2D eigenvalue weighted by molar-refractivity contribution is 6.09. The Labute approximate surface area is 177 Å². The highest BCUT2D eigenvalue weighted by atomic mass is 19.4. The third kappa shape index (κ3) is 4.24. The molecule has 0 amide bonds. The second-order valence-electron chi connectivity index (χ2n) is 6.89. The first-order valence-electron chi connectivity index (χ1n) is 8.71. The minimum atomic E-state index is -5.56. The molecule has 0 radical (unpaired) electrons. The number of carbonyl (C=O) groups excluding carboxylic acids is 1. The normalized spacial score (nSPS) is 12.3. The number of benzene rings is 1. The second-order valence-corrected chi connectivity index (χ2v) is 6.89. The van der Waals surface area contributed by atoms with Gasteiger partial charge in [-0.3, -0.25) is 14.7 Å². The topological polar surface area (TPSA) is 67.8 Å². The molecule has 0 unspecified atom stereocenters. The van der Waals surface area contributed by atoms with Gasteiger partial charge < -0.3 is 0 Å². The van der Waals surface area contributed by atoms with Gasteiger partial charge in [-0.1, -0.05) is 0 Å². The van der Waals surface area contributed by atoms with E-state index in [1.165, 1.54) is 6.92 Å². The van der Waals surface area contributed by atoms with Gasteiger partial charge in [0.2, 0.25) is 5.82 Å². The van der Waals surface area contributed by atoms with Crippen LogP contribution in [0.2, 0.25) is 0 Å². The molecule has 3 rings (SSSR count). The van der Waals surface area contributed by atoms with Gasteiger partial charge in [-0.2, -0.15) is 35.1 Å². The number of aryl methyl sites for hydroxylation is 2. The molecular weight excluding hydrogens is 473 g/mol. The minimum Gasteiger partial charge on any atom is -0.294 e. The summed E-state index contributed by atoms with van der Waals surface area (Å²) < 4.78 is 120. The van der Waals surface area contributed by atoms with Crippen LogP contribution in [0.15, 0.2) is 23.0 Å². The second kappa shape index (κ2) is 7.78. The van der Waals surface area contributed by atoms with Gasteiger partial charge in [0, 0.05) is 11.3 Å². The number of nitrogens with one attached hydrogen (secondary N) is 1. The summed E-state index contributed by atoms with van der Waals surface area (Å²) in [6.07, 6.45) is -10.4. The van der Waals surface area contributed by atoms with Crippen LogP contribution in [0.3, 0.4) is 0 Å². The number of nitrogens with zero attached hydrogens (tertiary/aromatic N) is 2. The molecule has 0 aliphatic heterocycles. The fourth-order valence-electron chi connectivity index (χ4n) is 3.08. The lowest BCUT2D eigenvalue weighted by atomic mass is 9.99. The zero-order valence-electron chi connectivity index (χ0n) is 16.3. The van der Waals surface area contributed by atoms with E-state index in [2.05, 4.69) is 4.98 Å². The van der Waals surface area contributed by atoms with Crippen LogP contribution in [0.1, 0.15) is 38.4 Å². The molecule has 14 heteroatoms. The fourth-order valence-corrected chi connectivity index (χ4v) is 3.08. The minimum absolute atomic E-state index is 0.00944. The predicted octanol–water partition coefficient (Wildman–Crippen LogP) is 4.86. The van der Waals surface area contributed by atoms with Gasteiger partial charge in [0.25, 0.3) is 11.5 Å². The number of pyridine rings is 1. The Morgan fingerprint density at radius 1 is 0.939 bits per heavy atom. The van der Waals surface area contributed by atoms with Crippen molar-refractivity contribution in [3.8, 4) is 5.69 Å². The van der Waals surface area contributed by atoms with Crippen LogP contribution in [0.25, 0.3) is 5.69 Å². The molecule has 5 nitrogen and oxygen atoms in total. The lowest BCUT2D eigenvalue weighted by Gasteiger charge is -2.12. The summed E-state index contributed by atoms with van der Waals surface area (Å²) in [4.78, 5) is 27.6. The van der Waals surface area contributed by atoms with E-state index in [9.17, 15) is 49.1 Å². The molecule has 0 aliphatic carbocycles. The maximum Gasteiger partial charge on any atom is 0.436 e. The van der Waals surface area contributed by atoms with E-state index in [0.29, 0.717) is 6.07 Å². The maximum absolute atomic E-state index is 14.4. The summed E-state index contributed by atoms with van der Waals surface area (Å²) in [6.45, 7) is 2.24. The number of halogens is 9. The molecule has 3 aromatic rings. The molecule has 2 aromatic heterocycles. The van der Waals surface area contributed by atoms with E-state index in [0.717, 1.165) is 19.1 Å². The number of rotatable bonds is 3. The predicted molar refractivity (Wildman–Crippen MR) is 93.4 cm³/mol. The van der Waals surface area contributed by atoms with Gasteiger partial charge in [-0.25, -0.2) is 14.1 Å². The molecule has 1 N–H and O–H groups in total. The van der Waals surface area contributed by atoms with Crippen LogP contribution >= 0.6 is 0 Å². The van der Waals surface area contributed by atoms with Crippen molar-refractivity contribution in [3.05, 3.63) is 79.8 Å². The maximum atomic E-state index is 14.4. The average Bonchev–Trinajstić information content (AvgIpc) is 2.96. The number of hydrogen-bond donors (Lipinski definition) is 1. The van der Waals surface area contributed by atoms with Crippen molar-refractivity contribution in [2.24, 2.45) is 0 Å². The van der Waals surface area contributed by atoms with Crippen molar-refractivity contribution >= 4 is 5.78 Å². The molecule has 0 spiro atoms. The average molecular weight is 483 g/mol. The van der Waals surface area contributed by atoms with Gasteiger partial charge in [0.1, 0.15) is 11.3 Å². The summed E-state index contributed by atoms with van der Waals surface area (Å²) >= 11 is 0. The van der Waals surface area contributed by atoms with Gasteiger partial charge in [0.15, 0.2) is 17.3 Å². The molecule has 176 valence electrons. The number of H-pyrrole nitrogens is 1. The molecule has 0 fully saturated rings. The molecule has 2 heterocycles. The molecule has 1 aromatic carbocycles. The van der Waals surface area contributed by atoms with Crippen molar-refractivity contribution < 1.29 is 44.3 Å². The van der Waals surface area contributed by atoms with E-state index in [1.54, 1.807) is 0 Å². The van der Waals surface area contributed by atoms with Gasteiger partial charge in [0.05, 0.1) is 5.56 Å². The molecule has 0 saturated heterocycles. The number of carbonyl (C=O) groups is 1. The van der Waals surface area contributed by atoms with Crippen molar-refractivity contribution in [3.63, 3.8) is 0 Å². The van der Waals surface area contributed by atoms with Crippen LogP contribution in [0.5, 0.6) is 0 Å². The van der Waals surface area contributed by atoms with Crippen LogP contribution < -0.4 is 5.56 Å². The lowest BCUT2D eigenvalue weighted by molar-refractivity contribution is -0.144. The highest BCUT2D eigenvalue weighted by Crippen LogP contribution is 2.34. The SMILES string of the molecule is Cc1cc(C(=O)c2c(C)[nH]n(-c3c(F)c(F)nc(C(F)(F)F)c3F)c2=O)cc(C(F)(F)F)c1. The van der Waals surface area contributed by atoms with Gasteiger partial charge in [-0.05, 0) is 37.6 Å². The third-order valence-corrected chi connectivity index (χ3v) is 4.47. The van der Waals surface area contributed by atoms with Crippen LogP contribution in [0, 0.1) is 31.4 Å². The summed E-state index contributed by atoms with van der Waals surface area (Å²) in [5, 5.41) is 1.95. The Balaban J connectivity index is 2.24. The Bertz CT molecular complexity index is 1330. The van der Waals surface area contributed by atoms with Crippen LogP contribution in [-0.4, -0.2) is 20.5 Å². The standard InChI is InChI=1S/C19H10F9N3O2/c1-6-3-8(5-9(4-6)18(23,24)25)14(32)10-7(2)30-31(17(10)33)13-11(20)15(19(26,27)28)29-16(22)12(13)21/h3-5,30H,1-2H3. The molecule has 0 bridgehead atoms. The Morgan fingerprint density at radius 2 is 1.55 bits per heavy atom. The monoisotopic (exact) mass is 483 g/mol. The smallest absolute Gasteiger partial charge is 0.294 e. The number of aromatic nitrogens is 3. The molecule has 0 saturated carbocycles. The molecule has 33 heavy (non-hydrogen) atoms. The molecular formula is C19H10F9N3O2. The number of hydrogen-bond acceptors (Lipinski definition) is 3. The number of ketones is 1. The van der Waals surface area contributed by atoms with Crippen LogP contribution in [0.4, 0.5) is 39.5 Å². The fraction of sp³-hybridized carbons (Fsp3) is 0.211. The number of aromatic amines is 1. The summed E-state index contributed by atoms with van der Waals surface area (Å²) in [7, 11) is 0. The Hall–Kier alpha value is -3.58. The first-order valence-corrected chi connectivity index (χ1v) is 8.71. The first-order chi connectivity index (χ1) is 15.0. The third-order valence-electron chi connectivity index (χ3n) is 4.47.